The van der Waals surface area contributed by atoms with Gasteiger partial charge >= 0.3 is 0 Å². The molecule has 5 heteroatoms. The number of nitrogens with zero attached hydrogens (tertiary/aromatic N) is 3. The molecular weight excluding hydrogens is 268 g/mol. The van der Waals surface area contributed by atoms with E-state index >= 15 is 0 Å². The smallest absolute Gasteiger partial charge is 0.108 e. The average molecular weight is 292 g/mol. The molecule has 0 aromatic carbocycles. The van der Waals surface area contributed by atoms with Crippen molar-refractivity contribution in [3.63, 3.8) is 0 Å². The molecule has 0 amide bonds. The molecule has 2 aromatic rings. The molecule has 0 fully saturated rings. The molecule has 2 heterocycles. The van der Waals surface area contributed by atoms with Gasteiger partial charge in [-0.3, -0.25) is 0 Å². The normalized spacial score (nSPS) is 12.8. The average Bonchev–Trinajstić information content (AvgIpc) is 3.06. The Morgan fingerprint density at radius 3 is 3.00 bits per heavy atom. The number of hydrogen-bond donors (Lipinski definition) is 1. The van der Waals surface area contributed by atoms with Crippen LogP contribution in [0.15, 0.2) is 17.8 Å². The van der Waals surface area contributed by atoms with Crippen LogP contribution in [0.1, 0.15) is 43.7 Å². The molecule has 110 valence electrons. The number of thiazole rings is 1. The molecule has 2 rings (SSSR count). The van der Waals surface area contributed by atoms with Gasteiger partial charge < -0.3 is 9.88 Å². The highest BCUT2D eigenvalue weighted by atomic mass is 32.1. The first kappa shape index (κ1) is 15.2. The lowest BCUT2D eigenvalue weighted by molar-refractivity contribution is 0.465. The predicted molar refractivity (Wildman–Crippen MR) is 84.0 cm³/mol. The Kier molecular flexibility index (Phi) is 5.73. The summed E-state index contributed by atoms with van der Waals surface area (Å²) in [5.41, 5.74) is 1.16. The van der Waals surface area contributed by atoms with Gasteiger partial charge in [-0.05, 0) is 19.8 Å². The van der Waals surface area contributed by atoms with Crippen LogP contribution >= 0.6 is 11.3 Å². The van der Waals surface area contributed by atoms with Crippen LogP contribution in [-0.4, -0.2) is 20.6 Å². The van der Waals surface area contributed by atoms with E-state index in [-0.39, 0.29) is 0 Å². The van der Waals surface area contributed by atoms with Gasteiger partial charge in [0.05, 0.1) is 10.7 Å². The fraction of sp³-hybridized carbons (Fsp3) is 0.600. The van der Waals surface area contributed by atoms with Crippen molar-refractivity contribution in [3.05, 3.63) is 34.3 Å². The first-order valence-corrected chi connectivity index (χ1v) is 8.27. The number of aryl methyl sites for hydroxylation is 2. The molecule has 0 aliphatic rings. The Balaban J connectivity index is 1.81. The third kappa shape index (κ3) is 4.15. The van der Waals surface area contributed by atoms with Gasteiger partial charge in [-0.2, -0.15) is 0 Å². The topological polar surface area (TPSA) is 42.7 Å². The zero-order valence-corrected chi connectivity index (χ0v) is 13.4. The first-order valence-electron chi connectivity index (χ1n) is 7.39. The van der Waals surface area contributed by atoms with Crippen molar-refractivity contribution < 1.29 is 0 Å². The van der Waals surface area contributed by atoms with E-state index in [9.17, 15) is 0 Å². The Hall–Kier alpha value is -1.20. The maximum atomic E-state index is 4.64. The molecular formula is C15H24N4S. The Bertz CT molecular complexity index is 517. The van der Waals surface area contributed by atoms with Gasteiger partial charge in [-0.1, -0.05) is 13.8 Å². The fourth-order valence-electron chi connectivity index (χ4n) is 2.22. The summed E-state index contributed by atoms with van der Waals surface area (Å²) in [7, 11) is 0. The van der Waals surface area contributed by atoms with Crippen LogP contribution in [0, 0.1) is 0 Å². The molecule has 0 aliphatic heterocycles. The van der Waals surface area contributed by atoms with Crippen molar-refractivity contribution in [2.24, 2.45) is 0 Å². The summed E-state index contributed by atoms with van der Waals surface area (Å²) in [5, 5.41) is 6.96. The highest BCUT2D eigenvalue weighted by Gasteiger charge is 2.07. The van der Waals surface area contributed by atoms with Gasteiger partial charge in [-0.25, -0.2) is 9.97 Å². The van der Waals surface area contributed by atoms with E-state index < -0.39 is 0 Å². The second kappa shape index (κ2) is 7.55. The number of hydrogen-bond acceptors (Lipinski definition) is 4. The maximum Gasteiger partial charge on any atom is 0.108 e. The molecule has 0 radical (unpaired) electrons. The van der Waals surface area contributed by atoms with Crippen molar-refractivity contribution in [1.82, 2.24) is 19.9 Å². The van der Waals surface area contributed by atoms with E-state index in [2.05, 4.69) is 52.2 Å². The van der Waals surface area contributed by atoms with Crippen molar-refractivity contribution in [2.75, 3.05) is 0 Å². The van der Waals surface area contributed by atoms with Crippen LogP contribution in [0.4, 0.5) is 0 Å². The van der Waals surface area contributed by atoms with Crippen LogP contribution in [0.25, 0.3) is 0 Å². The minimum Gasteiger partial charge on any atom is -0.333 e. The van der Waals surface area contributed by atoms with E-state index in [1.807, 2.05) is 6.20 Å². The molecule has 0 bridgehead atoms. The number of rotatable bonds is 8. The summed E-state index contributed by atoms with van der Waals surface area (Å²) in [6.45, 7) is 8.34. The van der Waals surface area contributed by atoms with Gasteiger partial charge in [0.1, 0.15) is 5.82 Å². The highest BCUT2D eigenvalue weighted by Crippen LogP contribution is 2.11. The maximum absolute atomic E-state index is 4.64. The lowest BCUT2D eigenvalue weighted by Crippen LogP contribution is -2.30. The molecule has 0 saturated carbocycles. The van der Waals surface area contributed by atoms with Crippen molar-refractivity contribution >= 4 is 11.3 Å². The van der Waals surface area contributed by atoms with Gasteiger partial charge in [0.25, 0.3) is 0 Å². The number of aromatic nitrogens is 3. The van der Waals surface area contributed by atoms with Crippen LogP contribution < -0.4 is 5.32 Å². The fourth-order valence-corrected chi connectivity index (χ4v) is 3.12. The van der Waals surface area contributed by atoms with Crippen molar-refractivity contribution in [1.29, 1.82) is 0 Å². The molecule has 0 saturated heterocycles. The second-order valence-corrected chi connectivity index (χ2v) is 6.06. The van der Waals surface area contributed by atoms with E-state index in [0.29, 0.717) is 6.04 Å². The van der Waals surface area contributed by atoms with Crippen molar-refractivity contribution in [3.8, 4) is 0 Å². The lowest BCUT2D eigenvalue weighted by Gasteiger charge is -2.15. The Morgan fingerprint density at radius 2 is 2.25 bits per heavy atom. The van der Waals surface area contributed by atoms with Gasteiger partial charge in [0, 0.05) is 43.3 Å². The Labute approximate surface area is 125 Å². The molecule has 0 spiro atoms. The standard InChI is InChI=1S/C15H24N4S/c1-4-6-15-18-13(11-20-15)9-17-12(3)10-19-8-7-16-14(19)5-2/h7-8,11-12,17H,4-6,9-10H2,1-3H3/t12-/m1/s1. The summed E-state index contributed by atoms with van der Waals surface area (Å²) in [4.78, 5) is 8.99. The minimum atomic E-state index is 0.408. The second-order valence-electron chi connectivity index (χ2n) is 5.11. The Morgan fingerprint density at radius 1 is 1.40 bits per heavy atom. The summed E-state index contributed by atoms with van der Waals surface area (Å²) in [6, 6.07) is 0.408. The van der Waals surface area contributed by atoms with Crippen LogP contribution in [0.3, 0.4) is 0 Å². The lowest BCUT2D eigenvalue weighted by atomic mass is 10.3. The third-order valence-electron chi connectivity index (χ3n) is 3.28. The zero-order chi connectivity index (χ0) is 14.4. The zero-order valence-electron chi connectivity index (χ0n) is 12.6. The largest absolute Gasteiger partial charge is 0.333 e. The minimum absolute atomic E-state index is 0.408. The van der Waals surface area contributed by atoms with Gasteiger partial charge in [0.15, 0.2) is 0 Å². The van der Waals surface area contributed by atoms with Crippen molar-refractivity contribution in [2.45, 2.75) is 59.2 Å². The van der Waals surface area contributed by atoms with Gasteiger partial charge in [0.2, 0.25) is 0 Å². The summed E-state index contributed by atoms with van der Waals surface area (Å²) in [6.07, 6.45) is 7.17. The summed E-state index contributed by atoms with van der Waals surface area (Å²) < 4.78 is 2.22. The molecule has 2 aromatic heterocycles. The summed E-state index contributed by atoms with van der Waals surface area (Å²) in [5.74, 6) is 1.15. The third-order valence-corrected chi connectivity index (χ3v) is 4.24. The molecule has 20 heavy (non-hydrogen) atoms. The predicted octanol–water partition coefficient (Wildman–Crippen LogP) is 3.03. The van der Waals surface area contributed by atoms with Crippen LogP contribution in [0.5, 0.6) is 0 Å². The summed E-state index contributed by atoms with van der Waals surface area (Å²) >= 11 is 1.77. The highest BCUT2D eigenvalue weighted by molar-refractivity contribution is 7.09. The number of imidazole rings is 1. The number of nitrogens with one attached hydrogen (secondary N) is 1. The molecule has 1 N–H and O–H groups in total. The monoisotopic (exact) mass is 292 g/mol. The van der Waals surface area contributed by atoms with Gasteiger partial charge in [-0.15, -0.1) is 11.3 Å². The quantitative estimate of drug-likeness (QED) is 0.813. The van der Waals surface area contributed by atoms with E-state index in [4.69, 9.17) is 0 Å². The van der Waals surface area contributed by atoms with Crippen LogP contribution in [0.2, 0.25) is 0 Å². The van der Waals surface area contributed by atoms with E-state index in [1.54, 1.807) is 11.3 Å². The first-order chi connectivity index (χ1) is 9.72. The van der Waals surface area contributed by atoms with E-state index in [0.717, 1.165) is 43.9 Å². The molecule has 0 unspecified atom stereocenters. The SMILES string of the molecule is CCCc1nc(CN[C@H](C)Cn2ccnc2CC)cs1. The van der Waals surface area contributed by atoms with Crippen LogP contribution in [-0.2, 0) is 25.9 Å². The molecule has 1 atom stereocenters. The molecule has 0 aliphatic carbocycles. The van der Waals surface area contributed by atoms with E-state index in [1.165, 1.54) is 5.01 Å². The molecule has 4 nitrogen and oxygen atoms in total.